The predicted octanol–water partition coefficient (Wildman–Crippen LogP) is 0.675. The van der Waals surface area contributed by atoms with Crippen molar-refractivity contribution in [1.29, 1.82) is 0 Å². The number of aromatic nitrogens is 2. The van der Waals surface area contributed by atoms with Crippen LogP contribution >= 0.6 is 0 Å². The molecule has 7 heteroatoms. The Balaban J connectivity index is 1.81. The van der Waals surface area contributed by atoms with Crippen molar-refractivity contribution in [1.82, 2.24) is 9.55 Å². The molecule has 1 saturated heterocycles. The zero-order chi connectivity index (χ0) is 18.3. The Labute approximate surface area is 148 Å². The molecule has 3 N–H and O–H groups in total. The van der Waals surface area contributed by atoms with Crippen molar-refractivity contribution < 1.29 is 20.1 Å². The van der Waals surface area contributed by atoms with E-state index in [0.717, 1.165) is 16.5 Å². The van der Waals surface area contributed by atoms with Crippen LogP contribution in [-0.2, 0) is 4.74 Å². The molecular formula is C19H18N2O5. The van der Waals surface area contributed by atoms with Gasteiger partial charge in [0.05, 0.1) is 6.61 Å². The van der Waals surface area contributed by atoms with Gasteiger partial charge in [-0.1, -0.05) is 18.2 Å². The molecule has 1 aromatic carbocycles. The fourth-order valence-corrected chi connectivity index (χ4v) is 3.28. The molecule has 0 bridgehead atoms. The lowest BCUT2D eigenvalue weighted by atomic mass is 10.0. The van der Waals surface area contributed by atoms with E-state index in [2.05, 4.69) is 4.98 Å². The molecule has 1 fully saturated rings. The zero-order valence-corrected chi connectivity index (χ0v) is 13.8. The van der Waals surface area contributed by atoms with Crippen LogP contribution in [0.5, 0.6) is 0 Å². The highest BCUT2D eigenvalue weighted by Gasteiger charge is 2.43. The van der Waals surface area contributed by atoms with Gasteiger partial charge >= 0.3 is 0 Å². The minimum atomic E-state index is -1.30. The van der Waals surface area contributed by atoms with E-state index in [1.54, 1.807) is 24.5 Å². The van der Waals surface area contributed by atoms with Crippen LogP contribution in [0.2, 0.25) is 0 Å². The van der Waals surface area contributed by atoms with Crippen molar-refractivity contribution in [3.05, 3.63) is 65.3 Å². The number of ether oxygens (including phenoxy) is 1. The van der Waals surface area contributed by atoms with Crippen molar-refractivity contribution >= 4 is 10.8 Å². The molecule has 4 rings (SSSR count). The Morgan fingerprint density at radius 3 is 2.65 bits per heavy atom. The molecule has 7 nitrogen and oxygen atoms in total. The van der Waals surface area contributed by atoms with Crippen LogP contribution < -0.4 is 5.56 Å². The largest absolute Gasteiger partial charge is 0.394 e. The third kappa shape index (κ3) is 2.71. The van der Waals surface area contributed by atoms with Crippen LogP contribution in [0.1, 0.15) is 6.23 Å². The maximum Gasteiger partial charge on any atom is 0.260 e. The number of fused-ring (bicyclic) bond motifs is 1. The Bertz CT molecular complexity index is 988. The van der Waals surface area contributed by atoms with Gasteiger partial charge in [0.25, 0.3) is 5.56 Å². The third-order valence-electron chi connectivity index (χ3n) is 4.72. The molecule has 0 unspecified atom stereocenters. The van der Waals surface area contributed by atoms with Gasteiger partial charge in [-0.15, -0.1) is 0 Å². The summed E-state index contributed by atoms with van der Waals surface area (Å²) in [6, 6.07) is 11.0. The average Bonchev–Trinajstić information content (AvgIpc) is 2.97. The second-order valence-corrected chi connectivity index (χ2v) is 6.30. The first-order valence-corrected chi connectivity index (χ1v) is 8.28. The lowest BCUT2D eigenvalue weighted by Gasteiger charge is -2.18. The van der Waals surface area contributed by atoms with Gasteiger partial charge in [0.2, 0.25) is 0 Å². The molecule has 134 valence electrons. The number of hydrogen-bond donors (Lipinski definition) is 3. The number of benzene rings is 1. The SMILES string of the molecule is O=c1c2cc(-c3cccnc3)ccc2ccn1[C@@H]1O[C@H](CO)[C@@H](O)[C@@H]1O. The van der Waals surface area contributed by atoms with Gasteiger partial charge in [-0.05, 0) is 29.1 Å². The summed E-state index contributed by atoms with van der Waals surface area (Å²) >= 11 is 0. The van der Waals surface area contributed by atoms with Crippen LogP contribution in [0.25, 0.3) is 21.9 Å². The molecule has 3 heterocycles. The van der Waals surface area contributed by atoms with Gasteiger partial charge in [-0.3, -0.25) is 14.3 Å². The molecule has 3 aromatic rings. The highest BCUT2D eigenvalue weighted by molar-refractivity contribution is 5.86. The van der Waals surface area contributed by atoms with Gasteiger partial charge in [0.15, 0.2) is 6.23 Å². The maximum atomic E-state index is 13.0. The van der Waals surface area contributed by atoms with Crippen LogP contribution in [-0.4, -0.2) is 49.8 Å². The standard InChI is InChI=1S/C19H18N2O5/c22-10-15-16(23)17(24)19(26-15)21-7-5-11-3-4-12(8-14(11)18(21)25)13-2-1-6-20-9-13/h1-9,15-17,19,22-24H,10H2/t15-,16-,17+,19-/m1/s1. The summed E-state index contributed by atoms with van der Waals surface area (Å²) < 4.78 is 6.72. The molecule has 4 atom stereocenters. The summed E-state index contributed by atoms with van der Waals surface area (Å²) in [6.07, 6.45) is 0.376. The van der Waals surface area contributed by atoms with Crippen LogP contribution in [0, 0.1) is 0 Å². The van der Waals surface area contributed by atoms with Gasteiger partial charge in [0.1, 0.15) is 18.3 Å². The molecule has 2 aromatic heterocycles. The van der Waals surface area contributed by atoms with Crippen molar-refractivity contribution in [2.24, 2.45) is 0 Å². The Morgan fingerprint density at radius 2 is 1.96 bits per heavy atom. The number of hydrogen-bond acceptors (Lipinski definition) is 6. The molecular weight excluding hydrogens is 336 g/mol. The number of rotatable bonds is 3. The van der Waals surface area contributed by atoms with E-state index in [1.165, 1.54) is 10.8 Å². The third-order valence-corrected chi connectivity index (χ3v) is 4.72. The minimum Gasteiger partial charge on any atom is -0.394 e. The first-order chi connectivity index (χ1) is 12.6. The maximum absolute atomic E-state index is 13.0. The van der Waals surface area contributed by atoms with Crippen LogP contribution in [0.15, 0.2) is 59.8 Å². The van der Waals surface area contributed by atoms with Gasteiger partial charge in [-0.2, -0.15) is 0 Å². The smallest absolute Gasteiger partial charge is 0.260 e. The highest BCUT2D eigenvalue weighted by Crippen LogP contribution is 2.29. The molecule has 1 aliphatic heterocycles. The predicted molar refractivity (Wildman–Crippen MR) is 94.4 cm³/mol. The van der Waals surface area contributed by atoms with E-state index in [-0.39, 0.29) is 5.56 Å². The Morgan fingerprint density at radius 1 is 1.12 bits per heavy atom. The average molecular weight is 354 g/mol. The van der Waals surface area contributed by atoms with Crippen LogP contribution in [0.4, 0.5) is 0 Å². The van der Waals surface area contributed by atoms with Gasteiger partial charge < -0.3 is 20.1 Å². The summed E-state index contributed by atoms with van der Waals surface area (Å²) in [4.78, 5) is 17.1. The topological polar surface area (TPSA) is 105 Å². The number of aliphatic hydroxyl groups excluding tert-OH is 3. The van der Waals surface area contributed by atoms with E-state index in [0.29, 0.717) is 5.39 Å². The lowest BCUT2D eigenvalue weighted by Crippen LogP contribution is -2.35. The first kappa shape index (κ1) is 16.9. The summed E-state index contributed by atoms with van der Waals surface area (Å²) in [5.74, 6) is 0. The van der Waals surface area contributed by atoms with E-state index < -0.39 is 31.1 Å². The monoisotopic (exact) mass is 354 g/mol. The summed E-state index contributed by atoms with van der Waals surface area (Å²) in [5, 5.41) is 30.6. The summed E-state index contributed by atoms with van der Waals surface area (Å²) in [6.45, 7) is -0.442. The fraction of sp³-hybridized carbons (Fsp3) is 0.263. The molecule has 0 aliphatic carbocycles. The fourth-order valence-electron chi connectivity index (χ4n) is 3.28. The molecule has 26 heavy (non-hydrogen) atoms. The molecule has 0 saturated carbocycles. The second kappa shape index (κ2) is 6.62. The van der Waals surface area contributed by atoms with E-state index in [9.17, 15) is 20.1 Å². The highest BCUT2D eigenvalue weighted by atomic mass is 16.6. The van der Waals surface area contributed by atoms with E-state index in [4.69, 9.17) is 4.74 Å². The second-order valence-electron chi connectivity index (χ2n) is 6.30. The Hall–Kier alpha value is -2.58. The van der Waals surface area contributed by atoms with Crippen molar-refractivity contribution in [3.8, 4) is 11.1 Å². The van der Waals surface area contributed by atoms with E-state index in [1.807, 2.05) is 24.3 Å². The molecule has 0 spiro atoms. The van der Waals surface area contributed by atoms with Crippen molar-refractivity contribution in [3.63, 3.8) is 0 Å². The molecule has 0 radical (unpaired) electrons. The van der Waals surface area contributed by atoms with Crippen molar-refractivity contribution in [2.45, 2.75) is 24.5 Å². The summed E-state index contributed by atoms with van der Waals surface area (Å²) in [7, 11) is 0. The minimum absolute atomic E-state index is 0.344. The first-order valence-electron chi connectivity index (χ1n) is 8.28. The number of nitrogens with zero attached hydrogens (tertiary/aromatic N) is 2. The normalized spacial score (nSPS) is 25.7. The lowest BCUT2D eigenvalue weighted by molar-refractivity contribution is -0.0541. The van der Waals surface area contributed by atoms with Crippen LogP contribution in [0.3, 0.4) is 0 Å². The molecule has 0 amide bonds. The summed E-state index contributed by atoms with van der Waals surface area (Å²) in [5.41, 5.74) is 1.39. The Kier molecular flexibility index (Phi) is 4.29. The quantitative estimate of drug-likeness (QED) is 0.639. The van der Waals surface area contributed by atoms with Crippen molar-refractivity contribution in [2.75, 3.05) is 6.61 Å². The van der Waals surface area contributed by atoms with Gasteiger partial charge in [-0.25, -0.2) is 0 Å². The van der Waals surface area contributed by atoms with Gasteiger partial charge in [0, 0.05) is 29.5 Å². The number of aliphatic hydroxyl groups is 3. The number of pyridine rings is 2. The zero-order valence-electron chi connectivity index (χ0n) is 13.8. The van der Waals surface area contributed by atoms with E-state index >= 15 is 0 Å². The molecule has 1 aliphatic rings.